The van der Waals surface area contributed by atoms with Gasteiger partial charge in [0.1, 0.15) is 5.82 Å². The molecule has 0 radical (unpaired) electrons. The molecule has 19 heavy (non-hydrogen) atoms. The van der Waals surface area contributed by atoms with Gasteiger partial charge in [0.25, 0.3) is 0 Å². The molecule has 1 aromatic rings. The molecule has 0 bridgehead atoms. The van der Waals surface area contributed by atoms with Gasteiger partial charge in [-0.05, 0) is 40.5 Å². The molecule has 1 atom stereocenters. The SMILES string of the molecule is O=C(O)C1CCN(C(=O)Nc2ccc(F)c(Br)c2)C1. The zero-order valence-electron chi connectivity index (χ0n) is 9.90. The number of hydrogen-bond donors (Lipinski definition) is 2. The van der Waals surface area contributed by atoms with Gasteiger partial charge < -0.3 is 15.3 Å². The number of likely N-dealkylation sites (tertiary alicyclic amines) is 1. The number of nitrogens with one attached hydrogen (secondary N) is 1. The van der Waals surface area contributed by atoms with Gasteiger partial charge in [0.05, 0.1) is 10.4 Å². The number of anilines is 1. The minimum Gasteiger partial charge on any atom is -0.481 e. The van der Waals surface area contributed by atoms with Crippen molar-refractivity contribution in [1.29, 1.82) is 0 Å². The van der Waals surface area contributed by atoms with E-state index in [-0.39, 0.29) is 17.0 Å². The van der Waals surface area contributed by atoms with Crippen molar-refractivity contribution in [2.45, 2.75) is 6.42 Å². The maximum Gasteiger partial charge on any atom is 0.321 e. The van der Waals surface area contributed by atoms with Crippen LogP contribution >= 0.6 is 15.9 Å². The monoisotopic (exact) mass is 330 g/mol. The number of amides is 2. The van der Waals surface area contributed by atoms with Crippen LogP contribution in [-0.4, -0.2) is 35.1 Å². The predicted octanol–water partition coefficient (Wildman–Crippen LogP) is 2.53. The van der Waals surface area contributed by atoms with Gasteiger partial charge in [-0.3, -0.25) is 4.79 Å². The molecular weight excluding hydrogens is 319 g/mol. The quantitative estimate of drug-likeness (QED) is 0.875. The lowest BCUT2D eigenvalue weighted by Crippen LogP contribution is -2.33. The van der Waals surface area contributed by atoms with E-state index in [9.17, 15) is 14.0 Å². The standard InChI is InChI=1S/C12H12BrFN2O3/c13-9-5-8(1-2-10(9)14)15-12(19)16-4-3-7(6-16)11(17)18/h1-2,5,7H,3-4,6H2,(H,15,19)(H,17,18). The summed E-state index contributed by atoms with van der Waals surface area (Å²) in [6.07, 6.45) is 0.454. The van der Waals surface area contributed by atoms with Crippen molar-refractivity contribution in [3.8, 4) is 0 Å². The van der Waals surface area contributed by atoms with Crippen LogP contribution in [0.1, 0.15) is 6.42 Å². The molecule has 1 unspecified atom stereocenters. The zero-order chi connectivity index (χ0) is 14.0. The summed E-state index contributed by atoms with van der Waals surface area (Å²) in [6.45, 7) is 0.606. The van der Waals surface area contributed by atoms with E-state index in [1.165, 1.54) is 23.1 Å². The van der Waals surface area contributed by atoms with Gasteiger partial charge in [-0.25, -0.2) is 9.18 Å². The third-order valence-electron chi connectivity index (χ3n) is 3.00. The second kappa shape index (κ2) is 5.56. The normalized spacial score (nSPS) is 18.4. The van der Waals surface area contributed by atoms with Crippen molar-refractivity contribution in [2.75, 3.05) is 18.4 Å². The molecule has 1 fully saturated rings. The summed E-state index contributed by atoms with van der Waals surface area (Å²) in [7, 11) is 0. The van der Waals surface area contributed by atoms with Gasteiger partial charge >= 0.3 is 12.0 Å². The van der Waals surface area contributed by atoms with E-state index in [1.54, 1.807) is 0 Å². The van der Waals surface area contributed by atoms with Crippen LogP contribution in [0, 0.1) is 11.7 Å². The minimum absolute atomic E-state index is 0.198. The first-order valence-corrected chi connectivity index (χ1v) is 6.50. The Morgan fingerprint density at radius 1 is 1.47 bits per heavy atom. The summed E-state index contributed by atoms with van der Waals surface area (Å²) >= 11 is 3.03. The molecule has 0 aromatic heterocycles. The van der Waals surface area contributed by atoms with E-state index in [4.69, 9.17) is 5.11 Å². The van der Waals surface area contributed by atoms with Crippen LogP contribution in [0.5, 0.6) is 0 Å². The molecule has 102 valence electrons. The lowest BCUT2D eigenvalue weighted by Gasteiger charge is -2.16. The first-order chi connectivity index (χ1) is 8.97. The number of hydrogen-bond acceptors (Lipinski definition) is 2. The molecule has 1 aliphatic rings. The van der Waals surface area contributed by atoms with Crippen LogP contribution in [-0.2, 0) is 4.79 Å². The van der Waals surface area contributed by atoms with Crippen LogP contribution < -0.4 is 5.32 Å². The molecule has 0 spiro atoms. The molecule has 1 heterocycles. The summed E-state index contributed by atoms with van der Waals surface area (Å²) in [4.78, 5) is 24.1. The number of carbonyl (C=O) groups excluding carboxylic acids is 1. The van der Waals surface area contributed by atoms with Gasteiger partial charge in [0.2, 0.25) is 0 Å². The Bertz CT molecular complexity index is 524. The van der Waals surface area contributed by atoms with Gasteiger partial charge in [-0.1, -0.05) is 0 Å². The number of urea groups is 1. The van der Waals surface area contributed by atoms with Gasteiger partial charge in [0.15, 0.2) is 0 Å². The number of halogens is 2. The molecule has 1 saturated heterocycles. The molecule has 5 nitrogen and oxygen atoms in total. The summed E-state index contributed by atoms with van der Waals surface area (Å²) in [5.41, 5.74) is 0.456. The maximum atomic E-state index is 13.0. The maximum absolute atomic E-state index is 13.0. The summed E-state index contributed by atoms with van der Waals surface area (Å²) in [5.74, 6) is -1.81. The van der Waals surface area contributed by atoms with Crippen LogP contribution in [0.3, 0.4) is 0 Å². The highest BCUT2D eigenvalue weighted by Crippen LogP contribution is 2.22. The molecule has 2 amide bonds. The van der Waals surface area contributed by atoms with Crippen molar-refractivity contribution >= 4 is 33.6 Å². The number of rotatable bonds is 2. The number of aliphatic carboxylic acids is 1. The Labute approximate surface area is 117 Å². The number of carboxylic acid groups (broad SMARTS) is 1. The van der Waals surface area contributed by atoms with Gasteiger partial charge in [0, 0.05) is 18.8 Å². The van der Waals surface area contributed by atoms with Crippen molar-refractivity contribution in [3.63, 3.8) is 0 Å². The van der Waals surface area contributed by atoms with Crippen molar-refractivity contribution in [1.82, 2.24) is 4.90 Å². The van der Waals surface area contributed by atoms with Crippen molar-refractivity contribution in [2.24, 2.45) is 5.92 Å². The van der Waals surface area contributed by atoms with E-state index in [2.05, 4.69) is 21.2 Å². The van der Waals surface area contributed by atoms with Crippen LogP contribution in [0.15, 0.2) is 22.7 Å². The lowest BCUT2D eigenvalue weighted by atomic mass is 10.1. The van der Waals surface area contributed by atoms with Crippen molar-refractivity contribution in [3.05, 3.63) is 28.5 Å². The largest absolute Gasteiger partial charge is 0.481 e. The molecule has 7 heteroatoms. The zero-order valence-corrected chi connectivity index (χ0v) is 11.5. The Morgan fingerprint density at radius 3 is 2.79 bits per heavy atom. The minimum atomic E-state index is -0.889. The molecular formula is C12H12BrFN2O3. The van der Waals surface area contributed by atoms with Gasteiger partial charge in [-0.15, -0.1) is 0 Å². The Hall–Kier alpha value is -1.63. The topological polar surface area (TPSA) is 69.6 Å². The number of nitrogens with zero attached hydrogens (tertiary/aromatic N) is 1. The fourth-order valence-corrected chi connectivity index (χ4v) is 2.30. The van der Waals surface area contributed by atoms with Crippen molar-refractivity contribution < 1.29 is 19.1 Å². The molecule has 0 aliphatic carbocycles. The molecule has 2 rings (SSSR count). The lowest BCUT2D eigenvalue weighted by molar-refractivity contribution is -0.141. The Morgan fingerprint density at radius 2 is 2.21 bits per heavy atom. The van der Waals surface area contributed by atoms with Crippen LogP contribution in [0.2, 0.25) is 0 Å². The highest BCUT2D eigenvalue weighted by molar-refractivity contribution is 9.10. The first-order valence-electron chi connectivity index (χ1n) is 5.71. The Kier molecular flexibility index (Phi) is 4.04. The van der Waals surface area contributed by atoms with E-state index >= 15 is 0 Å². The molecule has 1 aliphatic heterocycles. The second-order valence-corrected chi connectivity index (χ2v) is 5.18. The van der Waals surface area contributed by atoms with E-state index in [0.717, 1.165) is 0 Å². The fraction of sp³-hybridized carbons (Fsp3) is 0.333. The number of benzene rings is 1. The fourth-order valence-electron chi connectivity index (χ4n) is 1.92. The average molecular weight is 331 g/mol. The Balaban J connectivity index is 1.98. The molecule has 0 saturated carbocycles. The predicted molar refractivity (Wildman–Crippen MR) is 70.4 cm³/mol. The summed E-state index contributed by atoms with van der Waals surface area (Å²) in [5, 5.41) is 11.5. The molecule has 2 N–H and O–H groups in total. The van der Waals surface area contributed by atoms with E-state index in [0.29, 0.717) is 18.7 Å². The number of carboxylic acids is 1. The van der Waals surface area contributed by atoms with Gasteiger partial charge in [-0.2, -0.15) is 0 Å². The van der Waals surface area contributed by atoms with Crippen LogP contribution in [0.25, 0.3) is 0 Å². The summed E-state index contributed by atoms with van der Waals surface area (Å²) in [6, 6.07) is 3.77. The smallest absolute Gasteiger partial charge is 0.321 e. The number of carbonyl (C=O) groups is 2. The highest BCUT2D eigenvalue weighted by atomic mass is 79.9. The van der Waals surface area contributed by atoms with Crippen LogP contribution in [0.4, 0.5) is 14.9 Å². The highest BCUT2D eigenvalue weighted by Gasteiger charge is 2.30. The summed E-state index contributed by atoms with van der Waals surface area (Å²) < 4.78 is 13.3. The van der Waals surface area contributed by atoms with E-state index in [1.807, 2.05) is 0 Å². The second-order valence-electron chi connectivity index (χ2n) is 4.33. The first kappa shape index (κ1) is 13.8. The van der Waals surface area contributed by atoms with E-state index < -0.39 is 17.7 Å². The third-order valence-corrected chi connectivity index (χ3v) is 3.60. The third kappa shape index (κ3) is 3.23. The molecule has 1 aromatic carbocycles. The average Bonchev–Trinajstić information content (AvgIpc) is 2.83.